The third-order valence-corrected chi connectivity index (χ3v) is 5.21. The maximum absolute atomic E-state index is 6.08. The van der Waals surface area contributed by atoms with E-state index < -0.39 is 0 Å². The average Bonchev–Trinajstić information content (AvgIpc) is 2.48. The Bertz CT molecular complexity index is 435. The SMILES string of the molecule is CC1CCCCC1NCCN(C)C(C)c1cccc(Cl)c1. The van der Waals surface area contributed by atoms with Crippen LogP contribution in [0.15, 0.2) is 24.3 Å². The van der Waals surface area contributed by atoms with Crippen LogP contribution in [0.25, 0.3) is 0 Å². The van der Waals surface area contributed by atoms with Gasteiger partial charge < -0.3 is 5.32 Å². The van der Waals surface area contributed by atoms with Crippen LogP contribution in [-0.4, -0.2) is 31.1 Å². The van der Waals surface area contributed by atoms with Gasteiger partial charge in [-0.25, -0.2) is 0 Å². The summed E-state index contributed by atoms with van der Waals surface area (Å²) in [6.07, 6.45) is 5.52. The van der Waals surface area contributed by atoms with E-state index in [2.05, 4.69) is 43.2 Å². The zero-order valence-electron chi connectivity index (χ0n) is 13.6. The molecular weight excluding hydrogens is 280 g/mol. The van der Waals surface area contributed by atoms with Crippen LogP contribution in [0.2, 0.25) is 5.02 Å². The topological polar surface area (TPSA) is 15.3 Å². The summed E-state index contributed by atoms with van der Waals surface area (Å²) in [5.41, 5.74) is 1.29. The number of rotatable bonds is 6. The summed E-state index contributed by atoms with van der Waals surface area (Å²) in [4.78, 5) is 2.39. The van der Waals surface area contributed by atoms with Gasteiger partial charge in [-0.3, -0.25) is 4.90 Å². The average molecular weight is 309 g/mol. The normalized spacial score (nSPS) is 24.2. The molecule has 0 aliphatic heterocycles. The maximum Gasteiger partial charge on any atom is 0.0409 e. The first-order chi connectivity index (χ1) is 10.1. The van der Waals surface area contributed by atoms with E-state index in [1.54, 1.807) is 0 Å². The van der Waals surface area contributed by atoms with Crippen molar-refractivity contribution >= 4 is 11.6 Å². The molecule has 1 fully saturated rings. The second-order valence-electron chi connectivity index (χ2n) is 6.53. The minimum Gasteiger partial charge on any atom is -0.312 e. The van der Waals surface area contributed by atoms with E-state index in [1.165, 1.54) is 31.2 Å². The van der Waals surface area contributed by atoms with Crippen molar-refractivity contribution in [3.8, 4) is 0 Å². The van der Waals surface area contributed by atoms with Gasteiger partial charge in [-0.2, -0.15) is 0 Å². The fourth-order valence-corrected chi connectivity index (χ4v) is 3.46. The van der Waals surface area contributed by atoms with E-state index in [1.807, 2.05) is 12.1 Å². The second kappa shape index (κ2) is 8.17. The quantitative estimate of drug-likeness (QED) is 0.832. The van der Waals surface area contributed by atoms with Gasteiger partial charge in [0.1, 0.15) is 0 Å². The molecule has 0 bridgehead atoms. The highest BCUT2D eigenvalue weighted by atomic mass is 35.5. The fraction of sp³-hybridized carbons (Fsp3) is 0.667. The predicted octanol–water partition coefficient (Wildman–Crippen LogP) is 4.50. The Morgan fingerprint density at radius 2 is 2.10 bits per heavy atom. The largest absolute Gasteiger partial charge is 0.312 e. The molecular formula is C18H29ClN2. The summed E-state index contributed by atoms with van der Waals surface area (Å²) in [5, 5.41) is 4.57. The van der Waals surface area contributed by atoms with Crippen LogP contribution >= 0.6 is 11.6 Å². The zero-order valence-corrected chi connectivity index (χ0v) is 14.4. The van der Waals surface area contributed by atoms with Gasteiger partial charge in [0, 0.05) is 30.2 Å². The molecule has 2 rings (SSSR count). The van der Waals surface area contributed by atoms with E-state index in [0.29, 0.717) is 12.1 Å². The van der Waals surface area contributed by atoms with E-state index in [-0.39, 0.29) is 0 Å². The third-order valence-electron chi connectivity index (χ3n) is 4.97. The van der Waals surface area contributed by atoms with Crippen molar-refractivity contribution in [2.75, 3.05) is 20.1 Å². The first kappa shape index (κ1) is 16.8. The molecule has 1 N–H and O–H groups in total. The Morgan fingerprint density at radius 1 is 1.33 bits per heavy atom. The Labute approximate surface area is 134 Å². The Hall–Kier alpha value is -0.570. The lowest BCUT2D eigenvalue weighted by Gasteiger charge is -2.31. The molecule has 0 radical (unpaired) electrons. The molecule has 0 amide bonds. The van der Waals surface area contributed by atoms with Gasteiger partial charge >= 0.3 is 0 Å². The van der Waals surface area contributed by atoms with E-state index in [0.717, 1.165) is 24.0 Å². The molecule has 0 aromatic heterocycles. The molecule has 2 nitrogen and oxygen atoms in total. The number of likely N-dealkylation sites (N-methyl/N-ethyl adjacent to an activating group) is 1. The third kappa shape index (κ3) is 4.98. The zero-order chi connectivity index (χ0) is 15.2. The van der Waals surface area contributed by atoms with Gasteiger partial charge in [-0.05, 0) is 50.4 Å². The lowest BCUT2D eigenvalue weighted by molar-refractivity contribution is 0.233. The second-order valence-corrected chi connectivity index (χ2v) is 6.97. The first-order valence-electron chi connectivity index (χ1n) is 8.27. The molecule has 1 aliphatic carbocycles. The first-order valence-corrected chi connectivity index (χ1v) is 8.65. The molecule has 1 aromatic rings. The summed E-state index contributed by atoms with van der Waals surface area (Å²) < 4.78 is 0. The molecule has 1 aromatic carbocycles. The maximum atomic E-state index is 6.08. The van der Waals surface area contributed by atoms with Gasteiger partial charge in [0.25, 0.3) is 0 Å². The number of hydrogen-bond acceptors (Lipinski definition) is 2. The number of benzene rings is 1. The molecule has 21 heavy (non-hydrogen) atoms. The summed E-state index contributed by atoms with van der Waals surface area (Å²) in [7, 11) is 2.19. The number of halogens is 1. The van der Waals surface area contributed by atoms with Crippen molar-refractivity contribution in [2.24, 2.45) is 5.92 Å². The highest BCUT2D eigenvalue weighted by Gasteiger charge is 2.20. The summed E-state index contributed by atoms with van der Waals surface area (Å²) >= 11 is 6.08. The summed E-state index contributed by atoms with van der Waals surface area (Å²) in [6, 6.07) is 9.31. The van der Waals surface area contributed by atoms with E-state index in [4.69, 9.17) is 11.6 Å². The molecule has 3 unspecified atom stereocenters. The highest BCUT2D eigenvalue weighted by molar-refractivity contribution is 6.30. The predicted molar refractivity (Wildman–Crippen MR) is 91.9 cm³/mol. The number of nitrogens with zero attached hydrogens (tertiary/aromatic N) is 1. The van der Waals surface area contributed by atoms with Crippen molar-refractivity contribution in [3.63, 3.8) is 0 Å². The Morgan fingerprint density at radius 3 is 2.81 bits per heavy atom. The van der Waals surface area contributed by atoms with Crippen molar-refractivity contribution in [1.82, 2.24) is 10.2 Å². The van der Waals surface area contributed by atoms with Crippen LogP contribution in [0.3, 0.4) is 0 Å². The standard InChI is InChI=1S/C18H29ClN2/c1-14-7-4-5-10-18(14)20-11-12-21(3)15(2)16-8-6-9-17(19)13-16/h6,8-9,13-15,18,20H,4-5,7,10-12H2,1-3H3. The number of nitrogens with one attached hydrogen (secondary N) is 1. The van der Waals surface area contributed by atoms with Crippen LogP contribution in [-0.2, 0) is 0 Å². The Kier molecular flexibility index (Phi) is 6.53. The molecule has 0 saturated heterocycles. The van der Waals surface area contributed by atoms with Gasteiger partial charge in [-0.1, -0.05) is 43.5 Å². The minimum atomic E-state index is 0.397. The molecule has 118 valence electrons. The fourth-order valence-electron chi connectivity index (χ4n) is 3.26. The molecule has 1 saturated carbocycles. The van der Waals surface area contributed by atoms with Crippen LogP contribution in [0.1, 0.15) is 51.1 Å². The van der Waals surface area contributed by atoms with Crippen LogP contribution in [0.4, 0.5) is 0 Å². The van der Waals surface area contributed by atoms with Crippen molar-refractivity contribution in [2.45, 2.75) is 51.6 Å². The highest BCUT2D eigenvalue weighted by Crippen LogP contribution is 2.24. The van der Waals surface area contributed by atoms with Gasteiger partial charge in [0.05, 0.1) is 0 Å². The van der Waals surface area contributed by atoms with Crippen LogP contribution in [0, 0.1) is 5.92 Å². The van der Waals surface area contributed by atoms with Crippen LogP contribution < -0.4 is 5.32 Å². The lowest BCUT2D eigenvalue weighted by Crippen LogP contribution is -2.41. The number of hydrogen-bond donors (Lipinski definition) is 1. The summed E-state index contributed by atoms with van der Waals surface area (Å²) in [6.45, 7) is 6.76. The van der Waals surface area contributed by atoms with Crippen molar-refractivity contribution in [3.05, 3.63) is 34.9 Å². The molecule has 0 spiro atoms. The molecule has 3 heteroatoms. The molecule has 1 aliphatic rings. The summed E-state index contributed by atoms with van der Waals surface area (Å²) in [5.74, 6) is 0.828. The van der Waals surface area contributed by atoms with Gasteiger partial charge in [-0.15, -0.1) is 0 Å². The van der Waals surface area contributed by atoms with Crippen molar-refractivity contribution < 1.29 is 0 Å². The monoisotopic (exact) mass is 308 g/mol. The molecule has 0 heterocycles. The Balaban J connectivity index is 1.77. The van der Waals surface area contributed by atoms with E-state index in [9.17, 15) is 0 Å². The van der Waals surface area contributed by atoms with Gasteiger partial charge in [0.2, 0.25) is 0 Å². The minimum absolute atomic E-state index is 0.397. The van der Waals surface area contributed by atoms with Gasteiger partial charge in [0.15, 0.2) is 0 Å². The molecule has 3 atom stereocenters. The van der Waals surface area contributed by atoms with E-state index >= 15 is 0 Å². The lowest BCUT2D eigenvalue weighted by atomic mass is 9.86. The smallest absolute Gasteiger partial charge is 0.0409 e. The van der Waals surface area contributed by atoms with Crippen LogP contribution in [0.5, 0.6) is 0 Å². The van der Waals surface area contributed by atoms with Crippen molar-refractivity contribution in [1.29, 1.82) is 0 Å².